The van der Waals surface area contributed by atoms with Crippen molar-refractivity contribution in [1.29, 1.82) is 0 Å². The number of fused-ring (bicyclic) bond motifs is 3. The van der Waals surface area contributed by atoms with Crippen LogP contribution in [0.1, 0.15) is 16.8 Å². The second-order valence-electron chi connectivity index (χ2n) is 5.76. The fourth-order valence-corrected chi connectivity index (χ4v) is 3.61. The molecule has 3 aromatic rings. The van der Waals surface area contributed by atoms with E-state index in [-0.39, 0.29) is 5.78 Å². The monoisotopic (exact) mass is 370 g/mol. The number of carbonyl (C=O) groups is 1. The van der Waals surface area contributed by atoms with Crippen LogP contribution in [0.5, 0.6) is 0 Å². The number of benzene rings is 2. The van der Waals surface area contributed by atoms with Crippen molar-refractivity contribution >= 4 is 38.7 Å². The molecule has 0 spiro atoms. The Labute approximate surface area is 142 Å². The van der Waals surface area contributed by atoms with Gasteiger partial charge in [0.25, 0.3) is 0 Å². The number of rotatable bonds is 3. The van der Waals surface area contributed by atoms with Crippen LogP contribution in [0.4, 0.5) is 5.95 Å². The standard InChI is InChI=1S/C18H16BrN3O/c19-14-6-3-5-13(11-14)17(23)12-22-16-8-2-1-7-15(16)21-10-4-9-20-18(21)22/h1-3,5-8,11H,4,9-10,12H2/p+1. The maximum Gasteiger partial charge on any atom is 0.358 e. The summed E-state index contributed by atoms with van der Waals surface area (Å²) >= 11 is 3.43. The zero-order chi connectivity index (χ0) is 15.8. The lowest BCUT2D eigenvalue weighted by molar-refractivity contribution is -0.661. The Morgan fingerprint density at radius 2 is 2.09 bits per heavy atom. The van der Waals surface area contributed by atoms with Gasteiger partial charge in [-0.15, -0.1) is 0 Å². The molecule has 5 heteroatoms. The Balaban J connectivity index is 1.78. The molecule has 0 bridgehead atoms. The van der Waals surface area contributed by atoms with E-state index < -0.39 is 0 Å². The van der Waals surface area contributed by atoms with Gasteiger partial charge in [0.05, 0.1) is 13.1 Å². The number of Topliss-reactive ketones (excluding diaryl/α,β-unsaturated/α-hetero) is 1. The molecule has 116 valence electrons. The van der Waals surface area contributed by atoms with Crippen LogP contribution in [-0.2, 0) is 13.1 Å². The minimum absolute atomic E-state index is 0.114. The molecule has 2 aromatic carbocycles. The van der Waals surface area contributed by atoms with Crippen molar-refractivity contribution in [2.45, 2.75) is 19.5 Å². The molecule has 1 N–H and O–H groups in total. The topological polar surface area (TPSA) is 37.9 Å². The molecule has 1 aliphatic heterocycles. The first kappa shape index (κ1) is 14.5. The number of anilines is 1. The molecule has 0 radical (unpaired) electrons. The van der Waals surface area contributed by atoms with Gasteiger partial charge >= 0.3 is 5.95 Å². The van der Waals surface area contributed by atoms with E-state index in [4.69, 9.17) is 0 Å². The minimum atomic E-state index is 0.114. The molecule has 4 nitrogen and oxygen atoms in total. The Hall–Kier alpha value is -2.14. The van der Waals surface area contributed by atoms with Crippen molar-refractivity contribution in [3.05, 3.63) is 58.6 Å². The average Bonchev–Trinajstić information content (AvgIpc) is 2.90. The van der Waals surface area contributed by atoms with E-state index in [1.165, 1.54) is 5.52 Å². The van der Waals surface area contributed by atoms with Gasteiger partial charge in [-0.3, -0.25) is 10.1 Å². The number of imidazole rings is 1. The van der Waals surface area contributed by atoms with E-state index in [0.717, 1.165) is 41.0 Å². The van der Waals surface area contributed by atoms with Gasteiger partial charge in [0, 0.05) is 16.5 Å². The highest BCUT2D eigenvalue weighted by molar-refractivity contribution is 9.10. The fourth-order valence-electron chi connectivity index (χ4n) is 3.21. The number of hydrogen-bond donors (Lipinski definition) is 1. The summed E-state index contributed by atoms with van der Waals surface area (Å²) in [4.78, 5) is 12.7. The minimum Gasteiger partial charge on any atom is -0.291 e. The first-order valence-corrected chi connectivity index (χ1v) is 8.57. The largest absolute Gasteiger partial charge is 0.358 e. The Morgan fingerprint density at radius 1 is 1.22 bits per heavy atom. The van der Waals surface area contributed by atoms with Crippen LogP contribution in [0.15, 0.2) is 53.0 Å². The summed E-state index contributed by atoms with van der Waals surface area (Å²) in [7, 11) is 0. The van der Waals surface area contributed by atoms with Gasteiger partial charge in [-0.25, -0.2) is 9.13 Å². The van der Waals surface area contributed by atoms with Gasteiger partial charge in [-0.1, -0.05) is 40.2 Å². The number of aromatic nitrogens is 2. The number of ketones is 1. The highest BCUT2D eigenvalue weighted by Gasteiger charge is 2.27. The third-order valence-electron chi connectivity index (χ3n) is 4.26. The summed E-state index contributed by atoms with van der Waals surface area (Å²) in [5, 5.41) is 3.45. The van der Waals surface area contributed by atoms with E-state index in [1.54, 1.807) is 0 Å². The number of aryl methyl sites for hydroxylation is 1. The maximum absolute atomic E-state index is 12.7. The van der Waals surface area contributed by atoms with Crippen LogP contribution >= 0.6 is 15.9 Å². The molecule has 1 aliphatic rings. The van der Waals surface area contributed by atoms with Crippen LogP contribution in [0.2, 0.25) is 0 Å². The molecule has 0 saturated carbocycles. The van der Waals surface area contributed by atoms with Crippen LogP contribution in [0, 0.1) is 0 Å². The normalized spacial score (nSPS) is 13.6. The van der Waals surface area contributed by atoms with Gasteiger partial charge in [0.1, 0.15) is 17.6 Å². The van der Waals surface area contributed by atoms with Crippen LogP contribution < -0.4 is 9.88 Å². The lowest BCUT2D eigenvalue weighted by atomic mass is 10.1. The summed E-state index contributed by atoms with van der Waals surface area (Å²) < 4.78 is 5.29. The fraction of sp³-hybridized carbons (Fsp3) is 0.222. The second kappa shape index (κ2) is 5.81. The number of carbonyl (C=O) groups excluding carboxylic acids is 1. The third kappa shape index (κ3) is 2.55. The molecule has 0 amide bonds. The lowest BCUT2D eigenvalue weighted by Crippen LogP contribution is -2.42. The summed E-state index contributed by atoms with van der Waals surface area (Å²) in [6.07, 6.45) is 1.10. The lowest BCUT2D eigenvalue weighted by Gasteiger charge is -2.11. The zero-order valence-corrected chi connectivity index (χ0v) is 14.2. The van der Waals surface area contributed by atoms with Crippen LogP contribution in [0.3, 0.4) is 0 Å². The predicted molar refractivity (Wildman–Crippen MR) is 93.7 cm³/mol. The van der Waals surface area contributed by atoms with Gasteiger partial charge in [0.2, 0.25) is 0 Å². The van der Waals surface area contributed by atoms with Crippen LogP contribution in [0.25, 0.3) is 11.0 Å². The number of nitrogens with zero attached hydrogens (tertiary/aromatic N) is 2. The Bertz CT molecular complexity index is 900. The van der Waals surface area contributed by atoms with Gasteiger partial charge in [0.15, 0.2) is 5.78 Å². The molecule has 4 rings (SSSR count). The molecule has 0 fully saturated rings. The molecule has 1 aromatic heterocycles. The first-order valence-electron chi connectivity index (χ1n) is 7.78. The number of para-hydroxylation sites is 2. The highest BCUT2D eigenvalue weighted by Crippen LogP contribution is 2.21. The van der Waals surface area contributed by atoms with Crippen LogP contribution in [-0.4, -0.2) is 16.9 Å². The number of nitrogens with one attached hydrogen (secondary N) is 1. The number of halogens is 1. The average molecular weight is 371 g/mol. The Kier molecular flexibility index (Phi) is 3.65. The molecular weight excluding hydrogens is 354 g/mol. The molecule has 2 heterocycles. The van der Waals surface area contributed by atoms with E-state index in [0.29, 0.717) is 6.54 Å². The van der Waals surface area contributed by atoms with Gasteiger partial charge in [-0.05, 0) is 24.3 Å². The quantitative estimate of drug-likeness (QED) is 0.566. The smallest absolute Gasteiger partial charge is 0.291 e. The molecule has 0 unspecified atom stereocenters. The van der Waals surface area contributed by atoms with Crippen molar-refractivity contribution in [3.63, 3.8) is 0 Å². The Morgan fingerprint density at radius 3 is 2.96 bits per heavy atom. The van der Waals surface area contributed by atoms with Gasteiger partial charge in [-0.2, -0.15) is 0 Å². The predicted octanol–water partition coefficient (Wildman–Crippen LogP) is 3.39. The van der Waals surface area contributed by atoms with Crippen molar-refractivity contribution in [2.24, 2.45) is 0 Å². The molecule has 0 atom stereocenters. The summed E-state index contributed by atoms with van der Waals surface area (Å²) in [6, 6.07) is 15.8. The number of hydrogen-bond acceptors (Lipinski definition) is 2. The molecular formula is C18H17BrN3O+. The maximum atomic E-state index is 12.7. The van der Waals surface area contributed by atoms with Crippen molar-refractivity contribution in [3.8, 4) is 0 Å². The zero-order valence-electron chi connectivity index (χ0n) is 12.6. The second-order valence-corrected chi connectivity index (χ2v) is 6.68. The molecule has 0 saturated heterocycles. The van der Waals surface area contributed by atoms with E-state index >= 15 is 0 Å². The summed E-state index contributed by atoms with van der Waals surface area (Å²) in [5.41, 5.74) is 3.00. The van der Waals surface area contributed by atoms with E-state index in [1.807, 2.05) is 36.4 Å². The van der Waals surface area contributed by atoms with E-state index in [9.17, 15) is 4.79 Å². The summed E-state index contributed by atoms with van der Waals surface area (Å²) in [5.74, 6) is 1.14. The summed E-state index contributed by atoms with van der Waals surface area (Å²) in [6.45, 7) is 2.27. The molecule has 0 aliphatic carbocycles. The SMILES string of the molecule is O=C(Cn1c2[n+](c3ccccc31)CCCN2)c1cccc(Br)c1. The first-order chi connectivity index (χ1) is 11.2. The van der Waals surface area contributed by atoms with Crippen molar-refractivity contribution in [1.82, 2.24) is 4.57 Å². The third-order valence-corrected chi connectivity index (χ3v) is 4.76. The van der Waals surface area contributed by atoms with Crippen molar-refractivity contribution < 1.29 is 9.36 Å². The van der Waals surface area contributed by atoms with E-state index in [2.05, 4.69) is 42.5 Å². The van der Waals surface area contributed by atoms with Crippen molar-refractivity contribution in [2.75, 3.05) is 11.9 Å². The van der Waals surface area contributed by atoms with Gasteiger partial charge < -0.3 is 0 Å². The molecule has 23 heavy (non-hydrogen) atoms. The highest BCUT2D eigenvalue weighted by atomic mass is 79.9.